The molecule has 182 valence electrons. The zero-order valence-corrected chi connectivity index (χ0v) is 23.7. The van der Waals surface area contributed by atoms with Crippen molar-refractivity contribution in [3.05, 3.63) is 70.3 Å². The fourth-order valence-electron chi connectivity index (χ4n) is 4.99. The summed E-state index contributed by atoms with van der Waals surface area (Å²) in [4.78, 5) is 10.6. The first-order chi connectivity index (χ1) is 15.6. The van der Waals surface area contributed by atoms with Crippen LogP contribution in [0.5, 0.6) is 0 Å². The van der Waals surface area contributed by atoms with E-state index >= 15 is 0 Å². The summed E-state index contributed by atoms with van der Waals surface area (Å²) in [5.74, 6) is -0.209. The number of benzene rings is 2. The van der Waals surface area contributed by atoms with E-state index in [0.717, 1.165) is 11.1 Å². The Balaban J connectivity index is 1.86. The summed E-state index contributed by atoms with van der Waals surface area (Å²) >= 11 is 0. The second kappa shape index (κ2) is 9.13. The molecule has 1 atom stereocenters. The molecule has 0 fully saturated rings. The molecule has 0 radical (unpaired) electrons. The Bertz CT molecular complexity index is 1110. The van der Waals surface area contributed by atoms with Gasteiger partial charge in [0.25, 0.3) is 0 Å². The van der Waals surface area contributed by atoms with Crippen LogP contribution < -0.4 is 0 Å². The minimum absolute atomic E-state index is 0.203. The highest BCUT2D eigenvalue weighted by Crippen LogP contribution is 2.47. The monoisotopic (exact) mass is 473 g/mol. The number of hydrogen-bond donors (Lipinski definition) is 1. The second-order valence-electron chi connectivity index (χ2n) is 12.9. The lowest BCUT2D eigenvalue weighted by Crippen LogP contribution is -2.39. The predicted molar refractivity (Wildman–Crippen MR) is 148 cm³/mol. The highest BCUT2D eigenvalue weighted by molar-refractivity contribution is 6.72. The van der Waals surface area contributed by atoms with Crippen molar-refractivity contribution in [2.24, 2.45) is 0 Å². The fraction of sp³-hybridized carbons (Fsp3) is 0.516. The molecule has 0 saturated carbocycles. The van der Waals surface area contributed by atoms with Gasteiger partial charge in [-0.3, -0.25) is 0 Å². The number of hydrogen-bond acceptors (Lipinski definition) is 2. The molecule has 1 aliphatic carbocycles. The first kappa shape index (κ1) is 26.5. The topological polar surface area (TPSA) is 44.0 Å². The minimum atomic E-state index is -2.36. The smallest absolute Gasteiger partial charge is 0.188 e. The summed E-state index contributed by atoms with van der Waals surface area (Å²) in [7, 11) is -2.36. The first-order valence-electron chi connectivity index (χ1n) is 12.6. The Kier molecular flexibility index (Phi) is 7.11. The van der Waals surface area contributed by atoms with Gasteiger partial charge in [0.15, 0.2) is 8.32 Å². The summed E-state index contributed by atoms with van der Waals surface area (Å²) in [5.41, 5.74) is 8.11. The third-order valence-electron chi connectivity index (χ3n) is 8.56. The van der Waals surface area contributed by atoms with Crippen LogP contribution in [0.15, 0.2) is 42.5 Å². The number of rotatable bonds is 6. The van der Waals surface area contributed by atoms with Gasteiger partial charge in [0.1, 0.15) is 0 Å². The lowest BCUT2D eigenvalue weighted by molar-refractivity contribution is 0.332. The van der Waals surface area contributed by atoms with Gasteiger partial charge in [-0.15, -0.1) is 0 Å². The molecule has 0 spiro atoms. The van der Waals surface area contributed by atoms with E-state index in [1.807, 2.05) is 13.1 Å². The highest BCUT2D eigenvalue weighted by atomic mass is 28.4. The Morgan fingerprint density at radius 1 is 1.03 bits per heavy atom. The quantitative estimate of drug-likeness (QED) is 0.337. The van der Waals surface area contributed by atoms with Crippen LogP contribution >= 0.6 is 0 Å². The summed E-state index contributed by atoms with van der Waals surface area (Å²) in [5, 5.41) is 9.59. The molecule has 0 saturated heterocycles. The van der Waals surface area contributed by atoms with Crippen LogP contribution in [0.4, 0.5) is 0 Å². The van der Waals surface area contributed by atoms with E-state index in [2.05, 4.69) is 103 Å². The van der Waals surface area contributed by atoms with Gasteiger partial charge < -0.3 is 4.80 Å². The van der Waals surface area contributed by atoms with E-state index < -0.39 is 8.32 Å². The van der Waals surface area contributed by atoms with Crippen LogP contribution in [0, 0.1) is 11.3 Å². The summed E-state index contributed by atoms with van der Waals surface area (Å²) in [6.07, 6.45) is 5.36. The molecule has 1 N–H and O–H groups in total. The Morgan fingerprint density at radius 3 is 2.12 bits per heavy atom. The third kappa shape index (κ3) is 5.40. The highest BCUT2D eigenvalue weighted by Gasteiger charge is 2.40. The van der Waals surface area contributed by atoms with Gasteiger partial charge in [0, 0.05) is 0 Å². The van der Waals surface area contributed by atoms with E-state index in [-0.39, 0.29) is 21.8 Å². The van der Waals surface area contributed by atoms with Crippen LogP contribution in [0.3, 0.4) is 0 Å². The van der Waals surface area contributed by atoms with Crippen LogP contribution in [0.2, 0.25) is 18.1 Å². The van der Waals surface area contributed by atoms with E-state index in [9.17, 15) is 10.1 Å². The number of allylic oxidation sites excluding steroid dienone is 1. The minimum Gasteiger partial charge on any atom is -0.432 e. The molecule has 2 aromatic carbocycles. The van der Waals surface area contributed by atoms with Gasteiger partial charge in [0.05, 0.1) is 12.0 Å². The van der Waals surface area contributed by atoms with Crippen molar-refractivity contribution in [1.82, 2.24) is 0 Å². The number of nitrogens with zero attached hydrogens (tertiary/aromatic N) is 1. The molecule has 2 aromatic rings. The molecule has 0 amide bonds. The molecule has 1 aliphatic rings. The van der Waals surface area contributed by atoms with Crippen LogP contribution in [-0.2, 0) is 10.8 Å². The second-order valence-corrected chi connectivity index (χ2v) is 17.3. The molecule has 0 aromatic heterocycles. The lowest BCUT2D eigenvalue weighted by atomic mass is 9.63. The third-order valence-corrected chi connectivity index (χ3v) is 12.1. The number of nitriles is 1. The van der Waals surface area contributed by atoms with Crippen molar-refractivity contribution in [1.29, 1.82) is 5.26 Å². The molecule has 34 heavy (non-hydrogen) atoms. The van der Waals surface area contributed by atoms with Gasteiger partial charge in [0.2, 0.25) is 0 Å². The molecule has 3 rings (SSSR count). The largest absolute Gasteiger partial charge is 0.432 e. The molecule has 0 heterocycles. The van der Waals surface area contributed by atoms with Crippen LogP contribution in [0.25, 0.3) is 11.6 Å². The molecule has 3 heteroatoms. The summed E-state index contributed by atoms with van der Waals surface area (Å²) in [6, 6.07) is 17.9. The molecule has 1 unspecified atom stereocenters. The normalized spacial score (nSPS) is 18.7. The summed E-state index contributed by atoms with van der Waals surface area (Å²) < 4.78 is 0. The van der Waals surface area contributed by atoms with Gasteiger partial charge in [-0.25, -0.2) is 0 Å². The average molecular weight is 474 g/mol. The number of fused-ring (bicyclic) bond motifs is 1. The SMILES string of the molecule is C/C(=C\c1ccc(C(C#N)CC(C)(C)[Si](C)(C)O)cc1)c1ccc2c(c1)C(C)(C)CCC2(C)C. The van der Waals surface area contributed by atoms with Crippen molar-refractivity contribution < 1.29 is 4.80 Å². The zero-order chi connectivity index (χ0) is 25.5. The molecule has 0 aliphatic heterocycles. The maximum absolute atomic E-state index is 10.6. The van der Waals surface area contributed by atoms with Gasteiger partial charge >= 0.3 is 0 Å². The van der Waals surface area contributed by atoms with Crippen molar-refractivity contribution in [2.45, 2.75) is 103 Å². The van der Waals surface area contributed by atoms with E-state index in [1.165, 1.54) is 35.1 Å². The van der Waals surface area contributed by atoms with E-state index in [4.69, 9.17) is 0 Å². The maximum Gasteiger partial charge on any atom is 0.188 e. The lowest BCUT2D eigenvalue weighted by Gasteiger charge is -2.42. The van der Waals surface area contributed by atoms with Crippen LogP contribution in [-0.4, -0.2) is 13.1 Å². The predicted octanol–water partition coefficient (Wildman–Crippen LogP) is 8.57. The molecule has 0 bridgehead atoms. The van der Waals surface area contributed by atoms with Gasteiger partial charge in [-0.05, 0) is 88.5 Å². The molecular formula is C31H43NOSi. The Labute approximate surface area is 208 Å². The standard InChI is InChI=1S/C31H43NOSi/c1-22(25-14-15-27-28(19-25)30(4,5)17-16-29(27,2)3)18-23-10-12-24(13-11-23)26(21-32)20-31(6,7)34(8,9)33/h10-15,18-19,26,33H,16-17,20H2,1-9H3/b22-18+. The fourth-order valence-corrected chi connectivity index (χ4v) is 5.69. The first-order valence-corrected chi connectivity index (χ1v) is 15.6. The van der Waals surface area contributed by atoms with Crippen molar-refractivity contribution >= 4 is 20.0 Å². The van der Waals surface area contributed by atoms with Gasteiger partial charge in [-0.1, -0.05) is 90.1 Å². The molecular weight excluding hydrogens is 430 g/mol. The molecule has 2 nitrogen and oxygen atoms in total. The maximum atomic E-state index is 10.6. The van der Waals surface area contributed by atoms with Gasteiger partial charge in [-0.2, -0.15) is 5.26 Å². The van der Waals surface area contributed by atoms with E-state index in [1.54, 1.807) is 0 Å². The zero-order valence-electron chi connectivity index (χ0n) is 22.7. The van der Waals surface area contributed by atoms with E-state index in [0.29, 0.717) is 6.42 Å². The van der Waals surface area contributed by atoms with Crippen molar-refractivity contribution in [3.8, 4) is 6.07 Å². The Hall–Kier alpha value is -2.15. The van der Waals surface area contributed by atoms with Crippen LogP contribution in [0.1, 0.15) is 101 Å². The Morgan fingerprint density at radius 2 is 1.59 bits per heavy atom. The van der Waals surface area contributed by atoms with Crippen molar-refractivity contribution in [2.75, 3.05) is 0 Å². The van der Waals surface area contributed by atoms with Crippen molar-refractivity contribution in [3.63, 3.8) is 0 Å². The summed E-state index contributed by atoms with van der Waals surface area (Å²) in [6.45, 7) is 19.8. The average Bonchev–Trinajstić information content (AvgIpc) is 2.75.